The second-order valence-corrected chi connectivity index (χ2v) is 10.1. The van der Waals surface area contributed by atoms with Gasteiger partial charge in [-0.05, 0) is 54.2 Å². The van der Waals surface area contributed by atoms with Gasteiger partial charge in [-0.2, -0.15) is 0 Å². The highest BCUT2D eigenvalue weighted by Crippen LogP contribution is 2.31. The Balaban J connectivity index is 1.09. The van der Waals surface area contributed by atoms with Gasteiger partial charge in [0.25, 0.3) is 0 Å². The number of amides is 1. The first-order valence-corrected chi connectivity index (χ1v) is 13.1. The summed E-state index contributed by atoms with van der Waals surface area (Å²) < 4.78 is 15.8. The van der Waals surface area contributed by atoms with E-state index in [-0.39, 0.29) is 18.3 Å². The average molecular weight is 491 g/mol. The molecule has 1 aliphatic heterocycles. The van der Waals surface area contributed by atoms with Gasteiger partial charge in [0.05, 0.1) is 10.6 Å². The van der Waals surface area contributed by atoms with Crippen molar-refractivity contribution in [2.45, 2.75) is 19.5 Å². The third-order valence-corrected chi connectivity index (χ3v) is 7.52. The molecule has 4 aromatic rings. The number of nitrogens with zero attached hydrogens (tertiary/aromatic N) is 3. The van der Waals surface area contributed by atoms with Gasteiger partial charge >= 0.3 is 0 Å². The van der Waals surface area contributed by atoms with Gasteiger partial charge in [0.1, 0.15) is 12.4 Å². The van der Waals surface area contributed by atoms with Crippen LogP contribution in [-0.2, 0) is 17.9 Å². The van der Waals surface area contributed by atoms with Crippen LogP contribution in [0.1, 0.15) is 12.0 Å². The Morgan fingerprint density at radius 2 is 1.74 bits per heavy atom. The number of halogens is 1. The van der Waals surface area contributed by atoms with Crippen LogP contribution in [0.2, 0.25) is 0 Å². The lowest BCUT2D eigenvalue weighted by atomic mass is 10.2. The predicted molar refractivity (Wildman–Crippen MR) is 141 cm³/mol. The van der Waals surface area contributed by atoms with E-state index < -0.39 is 0 Å². The number of fused-ring (bicyclic) bond motifs is 1. The number of aromatic nitrogens is 1. The molecule has 1 amide bonds. The van der Waals surface area contributed by atoms with Crippen molar-refractivity contribution in [1.29, 1.82) is 0 Å². The van der Waals surface area contributed by atoms with Crippen LogP contribution in [0.5, 0.6) is 0 Å². The lowest BCUT2D eigenvalue weighted by molar-refractivity contribution is -0.121. The standard InChI is InChI=1S/C28H31FN4OS/c29-24-9-10-25-23(18-24)19-26(27-8-4-17-35-27)33(25)21-28(34)30-11-5-12-31-13-15-32(16-14-31)20-22-6-2-1-3-7-22/h1-4,6-10,17-19H,5,11-16,20-21H2,(H,30,34). The number of hydrogen-bond donors (Lipinski definition) is 1. The molecule has 1 saturated heterocycles. The summed E-state index contributed by atoms with van der Waals surface area (Å²) in [7, 11) is 0. The summed E-state index contributed by atoms with van der Waals surface area (Å²) in [5.74, 6) is -0.282. The second-order valence-electron chi connectivity index (χ2n) is 9.10. The molecule has 1 fully saturated rings. The van der Waals surface area contributed by atoms with Crippen molar-refractivity contribution < 1.29 is 9.18 Å². The van der Waals surface area contributed by atoms with E-state index in [0.717, 1.165) is 67.2 Å². The molecule has 0 atom stereocenters. The number of rotatable bonds is 9. The Kier molecular flexibility index (Phi) is 7.57. The van der Waals surface area contributed by atoms with Crippen molar-refractivity contribution in [2.24, 2.45) is 0 Å². The van der Waals surface area contributed by atoms with Crippen molar-refractivity contribution in [3.63, 3.8) is 0 Å². The van der Waals surface area contributed by atoms with E-state index in [0.29, 0.717) is 6.54 Å². The Morgan fingerprint density at radius 1 is 0.943 bits per heavy atom. The third-order valence-electron chi connectivity index (χ3n) is 6.63. The molecule has 2 aromatic heterocycles. The summed E-state index contributed by atoms with van der Waals surface area (Å²) in [4.78, 5) is 18.8. The minimum Gasteiger partial charge on any atom is -0.355 e. The first-order valence-electron chi connectivity index (χ1n) is 12.2. The largest absolute Gasteiger partial charge is 0.355 e. The summed E-state index contributed by atoms with van der Waals surface area (Å²) in [5.41, 5.74) is 3.19. The molecule has 0 bridgehead atoms. The molecule has 2 aromatic carbocycles. The predicted octanol–water partition coefficient (Wildman–Crippen LogP) is 4.83. The normalized spacial score (nSPS) is 15.0. The average Bonchev–Trinajstić information content (AvgIpc) is 3.52. The zero-order chi connectivity index (χ0) is 24.0. The highest BCUT2D eigenvalue weighted by molar-refractivity contribution is 7.13. The molecular formula is C28H31FN4OS. The van der Waals surface area contributed by atoms with Crippen molar-refractivity contribution in [3.8, 4) is 10.6 Å². The Bertz CT molecular complexity index is 1250. The fourth-order valence-electron chi connectivity index (χ4n) is 4.78. The van der Waals surface area contributed by atoms with Crippen LogP contribution < -0.4 is 5.32 Å². The second kappa shape index (κ2) is 11.2. The van der Waals surface area contributed by atoms with Gasteiger partial charge in [0, 0.05) is 50.2 Å². The highest BCUT2D eigenvalue weighted by atomic mass is 32.1. The Hall–Kier alpha value is -3.00. The van der Waals surface area contributed by atoms with E-state index in [1.165, 1.54) is 17.7 Å². The maximum Gasteiger partial charge on any atom is 0.239 e. The van der Waals surface area contributed by atoms with E-state index in [4.69, 9.17) is 0 Å². The number of carbonyl (C=O) groups is 1. The van der Waals surface area contributed by atoms with E-state index >= 15 is 0 Å². The molecule has 5 rings (SSSR count). The number of thiophene rings is 1. The van der Waals surface area contributed by atoms with E-state index in [9.17, 15) is 9.18 Å². The minimum absolute atomic E-state index is 0.0164. The van der Waals surface area contributed by atoms with Crippen LogP contribution in [0.15, 0.2) is 72.1 Å². The lowest BCUT2D eigenvalue weighted by Crippen LogP contribution is -2.46. The Morgan fingerprint density at radius 3 is 2.51 bits per heavy atom. The van der Waals surface area contributed by atoms with Gasteiger partial charge in [-0.15, -0.1) is 11.3 Å². The smallest absolute Gasteiger partial charge is 0.239 e. The van der Waals surface area contributed by atoms with Crippen molar-refractivity contribution in [3.05, 3.63) is 83.5 Å². The van der Waals surface area contributed by atoms with Crippen LogP contribution in [0.4, 0.5) is 4.39 Å². The fraction of sp³-hybridized carbons (Fsp3) is 0.321. The van der Waals surface area contributed by atoms with Gasteiger partial charge in [-0.3, -0.25) is 9.69 Å². The molecule has 0 radical (unpaired) electrons. The van der Waals surface area contributed by atoms with Crippen LogP contribution in [-0.4, -0.2) is 59.5 Å². The van der Waals surface area contributed by atoms with Gasteiger partial charge in [-0.1, -0.05) is 36.4 Å². The van der Waals surface area contributed by atoms with Gasteiger partial charge in [-0.25, -0.2) is 4.39 Å². The molecule has 0 unspecified atom stereocenters. The van der Waals surface area contributed by atoms with Gasteiger partial charge in [0.2, 0.25) is 5.91 Å². The number of nitrogens with one attached hydrogen (secondary N) is 1. The number of benzene rings is 2. The third kappa shape index (κ3) is 5.99. The maximum atomic E-state index is 13.8. The van der Waals surface area contributed by atoms with Crippen molar-refractivity contribution >= 4 is 28.1 Å². The minimum atomic E-state index is -0.266. The Labute approximate surface area is 209 Å². The van der Waals surface area contributed by atoms with Crippen LogP contribution in [0.3, 0.4) is 0 Å². The van der Waals surface area contributed by atoms with Crippen molar-refractivity contribution in [2.75, 3.05) is 39.3 Å². The zero-order valence-electron chi connectivity index (χ0n) is 19.8. The van der Waals surface area contributed by atoms with Crippen LogP contribution in [0, 0.1) is 5.82 Å². The van der Waals surface area contributed by atoms with Crippen LogP contribution >= 0.6 is 11.3 Å². The first-order chi connectivity index (χ1) is 17.2. The lowest BCUT2D eigenvalue weighted by Gasteiger charge is -2.34. The van der Waals surface area contributed by atoms with E-state index in [2.05, 4.69) is 45.4 Å². The molecule has 182 valence electrons. The molecule has 3 heterocycles. The number of carbonyl (C=O) groups excluding carboxylic acids is 1. The summed E-state index contributed by atoms with van der Waals surface area (Å²) in [6, 6.07) is 21.4. The molecule has 0 saturated carbocycles. The quantitative estimate of drug-likeness (QED) is 0.342. The van der Waals surface area contributed by atoms with Crippen molar-refractivity contribution in [1.82, 2.24) is 19.7 Å². The summed E-state index contributed by atoms with van der Waals surface area (Å²) in [6.07, 6.45) is 0.930. The molecule has 35 heavy (non-hydrogen) atoms. The molecule has 0 aliphatic carbocycles. The SMILES string of the molecule is O=C(Cn1c(-c2cccs2)cc2cc(F)ccc21)NCCCN1CCN(Cc2ccccc2)CC1. The fourth-order valence-corrected chi connectivity index (χ4v) is 5.53. The monoisotopic (exact) mass is 490 g/mol. The molecule has 0 spiro atoms. The van der Waals surface area contributed by atoms with Crippen LogP contribution in [0.25, 0.3) is 21.5 Å². The molecule has 1 N–H and O–H groups in total. The summed E-state index contributed by atoms with van der Waals surface area (Å²) in [5, 5.41) is 5.91. The number of hydrogen-bond acceptors (Lipinski definition) is 4. The summed E-state index contributed by atoms with van der Waals surface area (Å²) in [6.45, 7) is 7.17. The van der Waals surface area contributed by atoms with Gasteiger partial charge < -0.3 is 14.8 Å². The highest BCUT2D eigenvalue weighted by Gasteiger charge is 2.17. The topological polar surface area (TPSA) is 40.5 Å². The van der Waals surface area contributed by atoms with E-state index in [1.54, 1.807) is 17.4 Å². The zero-order valence-corrected chi connectivity index (χ0v) is 20.6. The molecule has 5 nitrogen and oxygen atoms in total. The molecule has 7 heteroatoms. The molecular weight excluding hydrogens is 459 g/mol. The first kappa shape index (κ1) is 23.7. The number of piperazine rings is 1. The summed E-state index contributed by atoms with van der Waals surface area (Å²) >= 11 is 1.62. The maximum absolute atomic E-state index is 13.8. The van der Waals surface area contributed by atoms with Gasteiger partial charge in [0.15, 0.2) is 0 Å². The van der Waals surface area contributed by atoms with E-state index in [1.807, 2.05) is 28.1 Å². The molecule has 1 aliphatic rings.